The lowest BCUT2D eigenvalue weighted by Gasteiger charge is -2.24. The number of aryl methyl sites for hydroxylation is 1. The number of halogens is 3. The molecule has 1 aliphatic carbocycles. The summed E-state index contributed by atoms with van der Waals surface area (Å²) in [5, 5.41) is 0. The van der Waals surface area contributed by atoms with E-state index >= 15 is 0 Å². The van der Waals surface area contributed by atoms with Crippen molar-refractivity contribution in [2.75, 3.05) is 6.61 Å². The number of ether oxygens (including phenoxy) is 2. The summed E-state index contributed by atoms with van der Waals surface area (Å²) in [6.07, 6.45) is 9.50. The minimum Gasteiger partial charge on any atom is -0.491 e. The largest absolute Gasteiger partial charge is 0.491 e. The van der Waals surface area contributed by atoms with Gasteiger partial charge in [0.1, 0.15) is 0 Å². The fraction of sp³-hybridized carbons (Fsp3) is 0.462. The van der Waals surface area contributed by atoms with Crippen molar-refractivity contribution in [1.82, 2.24) is 0 Å². The Hall–Kier alpha value is -2.43. The van der Waals surface area contributed by atoms with Gasteiger partial charge in [-0.2, -0.15) is 8.78 Å². The molecule has 1 aliphatic heterocycles. The molecular formula is C26H29F3O2. The van der Waals surface area contributed by atoms with Gasteiger partial charge in [-0.05, 0) is 69.1 Å². The summed E-state index contributed by atoms with van der Waals surface area (Å²) in [4.78, 5) is 0. The highest BCUT2D eigenvalue weighted by Crippen LogP contribution is 2.43. The van der Waals surface area contributed by atoms with E-state index < -0.39 is 17.5 Å². The first-order chi connectivity index (χ1) is 15.0. The van der Waals surface area contributed by atoms with E-state index in [1.807, 2.05) is 0 Å². The first-order valence-corrected chi connectivity index (χ1v) is 11.3. The Bertz CT molecular complexity index is 997. The molecule has 5 heteroatoms. The van der Waals surface area contributed by atoms with E-state index in [1.165, 1.54) is 5.57 Å². The Morgan fingerprint density at radius 2 is 1.81 bits per heavy atom. The van der Waals surface area contributed by atoms with Crippen LogP contribution in [0.5, 0.6) is 17.2 Å². The minimum atomic E-state index is -1.03. The first kappa shape index (κ1) is 21.8. The van der Waals surface area contributed by atoms with Crippen LogP contribution in [0.1, 0.15) is 69.1 Å². The Balaban J connectivity index is 1.51. The topological polar surface area (TPSA) is 18.5 Å². The highest BCUT2D eigenvalue weighted by molar-refractivity contribution is 5.54. The Kier molecular flexibility index (Phi) is 6.59. The van der Waals surface area contributed by atoms with Gasteiger partial charge in [-0.1, -0.05) is 31.1 Å². The summed E-state index contributed by atoms with van der Waals surface area (Å²) in [6.45, 7) is 4.24. The van der Waals surface area contributed by atoms with E-state index in [-0.39, 0.29) is 17.2 Å². The van der Waals surface area contributed by atoms with Gasteiger partial charge < -0.3 is 9.47 Å². The molecule has 1 heterocycles. The predicted octanol–water partition coefficient (Wildman–Crippen LogP) is 7.66. The van der Waals surface area contributed by atoms with E-state index in [4.69, 9.17) is 9.47 Å². The van der Waals surface area contributed by atoms with Gasteiger partial charge >= 0.3 is 0 Å². The molecule has 2 aromatic rings. The van der Waals surface area contributed by atoms with Crippen molar-refractivity contribution in [3.63, 3.8) is 0 Å². The SMILES string of the molecule is CCCC1=CCC(CCc2cc3c(c(F)c2F)Oc2c(ccc(OCC)c2F)C3)CC1. The van der Waals surface area contributed by atoms with Gasteiger partial charge in [-0.25, -0.2) is 4.39 Å². The zero-order valence-corrected chi connectivity index (χ0v) is 18.2. The second kappa shape index (κ2) is 9.37. The average molecular weight is 431 g/mol. The van der Waals surface area contributed by atoms with Crippen molar-refractivity contribution in [3.8, 4) is 17.2 Å². The van der Waals surface area contributed by atoms with Gasteiger partial charge in [-0.15, -0.1) is 0 Å². The lowest BCUT2D eigenvalue weighted by Crippen LogP contribution is -2.12. The molecule has 0 aromatic heterocycles. The van der Waals surface area contributed by atoms with Gasteiger partial charge in [-0.3, -0.25) is 0 Å². The van der Waals surface area contributed by atoms with Crippen molar-refractivity contribution in [3.05, 3.63) is 64.0 Å². The summed E-state index contributed by atoms with van der Waals surface area (Å²) in [5.41, 5.74) is 3.06. The zero-order chi connectivity index (χ0) is 22.0. The number of fused-ring (bicyclic) bond motifs is 2. The van der Waals surface area contributed by atoms with Gasteiger partial charge in [0.05, 0.1) is 6.61 Å². The summed E-state index contributed by atoms with van der Waals surface area (Å²) < 4.78 is 55.1. The van der Waals surface area contributed by atoms with E-state index in [1.54, 1.807) is 25.1 Å². The van der Waals surface area contributed by atoms with Crippen LogP contribution in [0.2, 0.25) is 0 Å². The summed E-state index contributed by atoms with van der Waals surface area (Å²) in [6, 6.07) is 4.96. The fourth-order valence-electron chi connectivity index (χ4n) is 4.66. The Morgan fingerprint density at radius 3 is 2.52 bits per heavy atom. The number of hydrogen-bond acceptors (Lipinski definition) is 2. The van der Waals surface area contributed by atoms with Crippen molar-refractivity contribution >= 4 is 0 Å². The molecule has 31 heavy (non-hydrogen) atoms. The third-order valence-electron chi connectivity index (χ3n) is 6.35. The monoisotopic (exact) mass is 430 g/mol. The number of rotatable bonds is 7. The third-order valence-corrected chi connectivity index (χ3v) is 6.35. The number of hydrogen-bond donors (Lipinski definition) is 0. The molecule has 2 aromatic carbocycles. The maximum Gasteiger partial charge on any atom is 0.207 e. The van der Waals surface area contributed by atoms with E-state index in [0.717, 1.165) is 38.5 Å². The molecule has 0 spiro atoms. The highest BCUT2D eigenvalue weighted by atomic mass is 19.2. The molecule has 0 saturated carbocycles. The van der Waals surface area contributed by atoms with Crippen LogP contribution in [0.4, 0.5) is 13.2 Å². The van der Waals surface area contributed by atoms with Crippen LogP contribution >= 0.6 is 0 Å². The minimum absolute atomic E-state index is 0.0471. The van der Waals surface area contributed by atoms with Gasteiger partial charge in [0, 0.05) is 17.5 Å². The van der Waals surface area contributed by atoms with Crippen molar-refractivity contribution in [2.45, 2.75) is 65.2 Å². The van der Waals surface area contributed by atoms with E-state index in [0.29, 0.717) is 42.1 Å². The molecule has 0 saturated heterocycles. The molecule has 2 nitrogen and oxygen atoms in total. The number of benzene rings is 2. The molecule has 0 N–H and O–H groups in total. The first-order valence-electron chi connectivity index (χ1n) is 11.3. The van der Waals surface area contributed by atoms with Crippen LogP contribution in [0.25, 0.3) is 0 Å². The highest BCUT2D eigenvalue weighted by Gasteiger charge is 2.29. The van der Waals surface area contributed by atoms with Crippen LogP contribution in [-0.2, 0) is 12.8 Å². The average Bonchev–Trinajstić information content (AvgIpc) is 2.78. The summed E-state index contributed by atoms with van der Waals surface area (Å²) in [7, 11) is 0. The second-order valence-corrected chi connectivity index (χ2v) is 8.52. The molecule has 166 valence electrons. The lowest BCUT2D eigenvalue weighted by atomic mass is 9.84. The zero-order valence-electron chi connectivity index (χ0n) is 18.2. The van der Waals surface area contributed by atoms with Crippen LogP contribution in [0, 0.1) is 23.4 Å². The summed E-state index contributed by atoms with van der Waals surface area (Å²) >= 11 is 0. The van der Waals surface area contributed by atoms with Crippen LogP contribution in [0.15, 0.2) is 29.8 Å². The van der Waals surface area contributed by atoms with E-state index in [9.17, 15) is 13.2 Å². The van der Waals surface area contributed by atoms with E-state index in [2.05, 4.69) is 13.0 Å². The molecule has 1 atom stereocenters. The van der Waals surface area contributed by atoms with Crippen LogP contribution < -0.4 is 9.47 Å². The molecule has 0 fully saturated rings. The lowest BCUT2D eigenvalue weighted by molar-refractivity contribution is 0.309. The predicted molar refractivity (Wildman–Crippen MR) is 115 cm³/mol. The molecule has 2 aliphatic rings. The van der Waals surface area contributed by atoms with Crippen LogP contribution in [0.3, 0.4) is 0 Å². The second-order valence-electron chi connectivity index (χ2n) is 8.52. The molecule has 4 rings (SSSR count). The maximum absolute atomic E-state index is 14.9. The smallest absolute Gasteiger partial charge is 0.207 e. The Labute approximate surface area is 182 Å². The van der Waals surface area contributed by atoms with Crippen molar-refractivity contribution < 1.29 is 22.6 Å². The molecule has 0 amide bonds. The van der Waals surface area contributed by atoms with Gasteiger partial charge in [0.2, 0.25) is 11.6 Å². The summed E-state index contributed by atoms with van der Waals surface area (Å²) in [5.74, 6) is -2.35. The normalized spacial score (nSPS) is 17.5. The van der Waals surface area contributed by atoms with Gasteiger partial charge in [0.15, 0.2) is 23.1 Å². The van der Waals surface area contributed by atoms with Crippen LogP contribution in [-0.4, -0.2) is 6.61 Å². The third kappa shape index (κ3) is 4.46. The van der Waals surface area contributed by atoms with Gasteiger partial charge in [0.25, 0.3) is 0 Å². The van der Waals surface area contributed by atoms with Crippen molar-refractivity contribution in [2.24, 2.45) is 5.92 Å². The molecule has 0 bridgehead atoms. The standard InChI is InChI=1S/C26H29F3O2/c1-3-5-16-6-8-17(9-7-16)10-11-18-14-20-15-19-12-13-21(30-4-2)23(28)25(19)31-26(20)24(29)22(18)27/h6,12-14,17H,3-5,7-11,15H2,1-2H3. The molecular weight excluding hydrogens is 401 g/mol. The molecule has 1 unspecified atom stereocenters. The number of allylic oxidation sites excluding steroid dienone is 2. The maximum atomic E-state index is 14.9. The fourth-order valence-corrected chi connectivity index (χ4v) is 4.66. The Morgan fingerprint density at radius 1 is 1.00 bits per heavy atom. The van der Waals surface area contributed by atoms with Crippen molar-refractivity contribution in [1.29, 1.82) is 0 Å². The molecule has 0 radical (unpaired) electrons. The quantitative estimate of drug-likeness (QED) is 0.358.